The third-order valence-corrected chi connectivity index (χ3v) is 5.73. The average molecular weight is 409 g/mol. The topological polar surface area (TPSA) is 96.3 Å². The second kappa shape index (κ2) is 8.03. The van der Waals surface area contributed by atoms with E-state index in [9.17, 15) is 19.7 Å². The van der Waals surface area contributed by atoms with E-state index in [1.807, 2.05) is 38.1 Å². The van der Waals surface area contributed by atoms with Crippen molar-refractivity contribution in [3.05, 3.63) is 58.7 Å². The Hall–Kier alpha value is -3.00. The molecule has 156 valence electrons. The molecule has 30 heavy (non-hydrogen) atoms. The van der Waals surface area contributed by atoms with Gasteiger partial charge in [-0.25, -0.2) is 4.79 Å². The van der Waals surface area contributed by atoms with Crippen molar-refractivity contribution in [1.29, 1.82) is 0 Å². The van der Waals surface area contributed by atoms with E-state index in [2.05, 4.69) is 0 Å². The molecule has 1 atom stereocenters. The third kappa shape index (κ3) is 3.87. The van der Waals surface area contributed by atoms with Gasteiger partial charge < -0.3 is 24.4 Å². The van der Waals surface area contributed by atoms with Gasteiger partial charge in [-0.1, -0.05) is 35.9 Å². The summed E-state index contributed by atoms with van der Waals surface area (Å²) < 4.78 is 11.3. The number of rotatable bonds is 5. The number of likely N-dealkylation sites (tertiary alicyclic amines) is 1. The maximum absolute atomic E-state index is 12.7. The van der Waals surface area contributed by atoms with Crippen molar-refractivity contribution in [3.8, 4) is 11.5 Å². The molecule has 0 saturated carbocycles. The minimum Gasteiger partial charge on any atom is -0.535 e. The van der Waals surface area contributed by atoms with Gasteiger partial charge in [-0.15, -0.1) is 0 Å². The van der Waals surface area contributed by atoms with Crippen molar-refractivity contribution >= 4 is 19.0 Å². The van der Waals surface area contributed by atoms with E-state index < -0.39 is 13.1 Å². The van der Waals surface area contributed by atoms with E-state index >= 15 is 0 Å². The van der Waals surface area contributed by atoms with Crippen LogP contribution in [-0.2, 0) is 11.2 Å². The zero-order valence-electron chi connectivity index (χ0n) is 17.0. The highest BCUT2D eigenvalue weighted by Gasteiger charge is 2.37. The first-order valence-electron chi connectivity index (χ1n) is 10.1. The lowest BCUT2D eigenvalue weighted by Gasteiger charge is -2.40. The number of fused-ring (bicyclic) bond motifs is 1. The predicted molar refractivity (Wildman–Crippen MR) is 111 cm³/mol. The number of hydrogen-bond donors (Lipinski definition) is 2. The fourth-order valence-corrected chi connectivity index (χ4v) is 3.86. The second-order valence-electron chi connectivity index (χ2n) is 7.96. The molecule has 2 N–H and O–H groups in total. The number of amides is 1. The van der Waals surface area contributed by atoms with Gasteiger partial charge in [0.15, 0.2) is 0 Å². The molecule has 1 amide bonds. The number of carboxylic acids is 1. The molecule has 0 spiro atoms. The molecule has 0 radical (unpaired) electrons. The monoisotopic (exact) mass is 409 g/mol. The van der Waals surface area contributed by atoms with Crippen molar-refractivity contribution in [1.82, 2.24) is 4.90 Å². The molecule has 1 saturated heterocycles. The van der Waals surface area contributed by atoms with E-state index in [4.69, 9.17) is 9.39 Å². The van der Waals surface area contributed by atoms with Crippen LogP contribution in [0.15, 0.2) is 36.4 Å². The van der Waals surface area contributed by atoms with Gasteiger partial charge in [0.1, 0.15) is 23.2 Å². The van der Waals surface area contributed by atoms with E-state index in [1.54, 1.807) is 17.0 Å². The van der Waals surface area contributed by atoms with Crippen molar-refractivity contribution < 1.29 is 29.1 Å². The molecular weight excluding hydrogens is 385 g/mol. The maximum Gasteiger partial charge on any atom is 0.522 e. The van der Waals surface area contributed by atoms with Crippen molar-refractivity contribution in [2.24, 2.45) is 0 Å². The lowest BCUT2D eigenvalue weighted by Crippen LogP contribution is -2.57. The number of carbonyl (C=O) groups is 2. The largest absolute Gasteiger partial charge is 0.535 e. The summed E-state index contributed by atoms with van der Waals surface area (Å²) in [5, 5.41) is 19.4. The molecule has 0 aliphatic carbocycles. The second-order valence-corrected chi connectivity index (χ2v) is 7.96. The van der Waals surface area contributed by atoms with Crippen LogP contribution in [0.2, 0.25) is 6.32 Å². The summed E-state index contributed by atoms with van der Waals surface area (Å²) in [4.78, 5) is 26.3. The minimum atomic E-state index is -1.17. The van der Waals surface area contributed by atoms with Crippen LogP contribution in [0, 0.1) is 6.92 Å². The van der Waals surface area contributed by atoms with Gasteiger partial charge in [-0.05, 0) is 43.8 Å². The Morgan fingerprint density at radius 2 is 1.90 bits per heavy atom. The molecule has 2 aliphatic rings. The Morgan fingerprint density at radius 3 is 2.57 bits per heavy atom. The van der Waals surface area contributed by atoms with Gasteiger partial charge in [-0.3, -0.25) is 4.79 Å². The van der Waals surface area contributed by atoms with Gasteiger partial charge in [0.05, 0.1) is 19.0 Å². The molecular formula is C22H24BNO6. The average Bonchev–Trinajstić information content (AvgIpc) is 2.69. The minimum absolute atomic E-state index is 0.0223. The molecule has 2 aromatic rings. The Labute approximate surface area is 175 Å². The number of benzene rings is 2. The molecule has 0 unspecified atom stereocenters. The van der Waals surface area contributed by atoms with Gasteiger partial charge in [0.25, 0.3) is 0 Å². The summed E-state index contributed by atoms with van der Waals surface area (Å²) in [6, 6.07) is 11.3. The highest BCUT2D eigenvalue weighted by Crippen LogP contribution is 2.37. The van der Waals surface area contributed by atoms with E-state index in [-0.39, 0.29) is 35.0 Å². The summed E-state index contributed by atoms with van der Waals surface area (Å²) in [6.45, 7) is 4.69. The van der Waals surface area contributed by atoms with Crippen LogP contribution >= 0.6 is 0 Å². The third-order valence-electron chi connectivity index (χ3n) is 5.73. The van der Waals surface area contributed by atoms with Crippen LogP contribution < -0.4 is 9.39 Å². The standard InChI is InChI=1S/C22H24BNO6/c1-13-3-5-15(6-4-13)14(2)21(25)24-11-17(12-24)29-18-8-7-16-9-10-23(28)30-20(16)19(18)22(26)27/h3-8,14,17,28H,9-12H2,1-2H3,(H,26,27)/t14-/m1/s1. The Bertz CT molecular complexity index is 970. The SMILES string of the molecule is Cc1ccc([C@@H](C)C(=O)N2CC(Oc3ccc4c(c3C(=O)O)OB(O)CC4)C2)cc1. The Balaban J connectivity index is 1.42. The first kappa shape index (κ1) is 20.3. The number of aromatic carboxylic acids is 1. The molecule has 4 rings (SSSR count). The zero-order valence-corrected chi connectivity index (χ0v) is 17.0. The lowest BCUT2D eigenvalue weighted by molar-refractivity contribution is -0.141. The summed E-state index contributed by atoms with van der Waals surface area (Å²) in [6.07, 6.45) is 0.675. The van der Waals surface area contributed by atoms with Crippen LogP contribution in [0.5, 0.6) is 11.5 Å². The first-order chi connectivity index (χ1) is 14.3. The van der Waals surface area contributed by atoms with E-state index in [1.165, 1.54) is 0 Å². The summed E-state index contributed by atoms with van der Waals surface area (Å²) >= 11 is 0. The van der Waals surface area contributed by atoms with E-state index in [0.717, 1.165) is 16.7 Å². The number of hydrogen-bond acceptors (Lipinski definition) is 5. The molecule has 2 heterocycles. The maximum atomic E-state index is 12.7. The van der Waals surface area contributed by atoms with Gasteiger partial charge >= 0.3 is 13.1 Å². The summed E-state index contributed by atoms with van der Waals surface area (Å²) in [5.74, 6) is -1.04. The number of ether oxygens (including phenoxy) is 1. The fraction of sp³-hybridized carbons (Fsp3) is 0.364. The summed E-state index contributed by atoms with van der Waals surface area (Å²) in [7, 11) is -1.02. The molecule has 7 nitrogen and oxygen atoms in total. The molecule has 2 aromatic carbocycles. The van der Waals surface area contributed by atoms with Crippen molar-refractivity contribution in [3.63, 3.8) is 0 Å². The molecule has 2 aliphatic heterocycles. The number of nitrogens with zero attached hydrogens (tertiary/aromatic N) is 1. The van der Waals surface area contributed by atoms with Gasteiger partial charge in [-0.2, -0.15) is 0 Å². The van der Waals surface area contributed by atoms with Crippen LogP contribution in [-0.4, -0.2) is 53.2 Å². The fourth-order valence-electron chi connectivity index (χ4n) is 3.86. The molecule has 0 bridgehead atoms. The van der Waals surface area contributed by atoms with Crippen molar-refractivity contribution in [2.75, 3.05) is 13.1 Å². The Kier molecular flexibility index (Phi) is 5.43. The molecule has 1 fully saturated rings. The van der Waals surface area contributed by atoms with E-state index in [0.29, 0.717) is 25.8 Å². The van der Waals surface area contributed by atoms with Crippen LogP contribution in [0.3, 0.4) is 0 Å². The van der Waals surface area contributed by atoms with Crippen LogP contribution in [0.4, 0.5) is 0 Å². The summed E-state index contributed by atoms with van der Waals surface area (Å²) in [5.41, 5.74) is 2.77. The predicted octanol–water partition coefficient (Wildman–Crippen LogP) is 2.50. The van der Waals surface area contributed by atoms with Crippen molar-refractivity contribution in [2.45, 2.75) is 38.6 Å². The zero-order chi connectivity index (χ0) is 21.4. The number of carbonyl (C=O) groups excluding carboxylic acids is 1. The molecule has 0 aromatic heterocycles. The quantitative estimate of drug-likeness (QED) is 0.737. The smallest absolute Gasteiger partial charge is 0.522 e. The highest BCUT2D eigenvalue weighted by molar-refractivity contribution is 6.44. The lowest BCUT2D eigenvalue weighted by atomic mass is 9.78. The van der Waals surface area contributed by atoms with Gasteiger partial charge in [0, 0.05) is 0 Å². The first-order valence-corrected chi connectivity index (χ1v) is 10.1. The highest BCUT2D eigenvalue weighted by atomic mass is 16.5. The normalized spacial score (nSPS) is 16.9. The Morgan fingerprint density at radius 1 is 1.20 bits per heavy atom. The van der Waals surface area contributed by atoms with Gasteiger partial charge in [0.2, 0.25) is 5.91 Å². The van der Waals surface area contributed by atoms with Crippen LogP contribution in [0.25, 0.3) is 0 Å². The molecule has 8 heteroatoms. The van der Waals surface area contributed by atoms with Crippen LogP contribution in [0.1, 0.15) is 39.9 Å². The number of aryl methyl sites for hydroxylation is 2. The number of carboxylic acid groups (broad SMARTS) is 1.